The maximum atomic E-state index is 13.0. The summed E-state index contributed by atoms with van der Waals surface area (Å²) in [5.74, 6) is 1.47. The number of carbonyl (C=O) groups is 1. The smallest absolute Gasteiger partial charge is 0.245 e. The molecule has 1 aromatic heterocycles. The molecular weight excluding hydrogens is 332 g/mol. The summed E-state index contributed by atoms with van der Waals surface area (Å²) in [5, 5.41) is 2.72. The standard InChI is InChI=1S/C19H25N4OS/c1-13(2)11-23-10-4-5-17(23)18(24)22(3)19-21-16(12-25-19)14-6-8-15(20)9-7-14/h6-9,12,17H,4-5,10-11,20H2,1-3H3/t17-/m0/s1. The van der Waals surface area contributed by atoms with E-state index in [4.69, 9.17) is 5.73 Å². The van der Waals surface area contributed by atoms with Crippen LogP contribution in [0.1, 0.15) is 26.7 Å². The van der Waals surface area contributed by atoms with Gasteiger partial charge in [-0.3, -0.25) is 14.6 Å². The number of carbonyl (C=O) groups excluding carboxylic acids is 1. The monoisotopic (exact) mass is 357 g/mol. The van der Waals surface area contributed by atoms with Gasteiger partial charge in [-0.25, -0.2) is 4.98 Å². The first-order valence-corrected chi connectivity index (χ1v) is 9.46. The lowest BCUT2D eigenvalue weighted by Gasteiger charge is -2.27. The summed E-state index contributed by atoms with van der Waals surface area (Å²) in [4.78, 5) is 21.6. The van der Waals surface area contributed by atoms with Crippen LogP contribution < -0.4 is 10.6 Å². The molecule has 1 aliphatic heterocycles. The maximum absolute atomic E-state index is 13.0. The molecule has 1 atom stereocenters. The number of rotatable bonds is 5. The van der Waals surface area contributed by atoms with Crippen molar-refractivity contribution in [3.63, 3.8) is 0 Å². The zero-order valence-electron chi connectivity index (χ0n) is 15.0. The van der Waals surface area contributed by atoms with Gasteiger partial charge < -0.3 is 5.73 Å². The molecule has 1 amide bonds. The molecule has 6 heteroatoms. The van der Waals surface area contributed by atoms with Gasteiger partial charge in [0.2, 0.25) is 5.91 Å². The Bertz CT molecular complexity index is 725. The molecule has 2 N–H and O–H groups in total. The minimum Gasteiger partial charge on any atom is -0.399 e. The number of nitrogens with zero attached hydrogens (tertiary/aromatic N) is 3. The Balaban J connectivity index is 1.73. The Morgan fingerprint density at radius 3 is 2.76 bits per heavy atom. The van der Waals surface area contributed by atoms with Crippen LogP contribution in [0.5, 0.6) is 0 Å². The third kappa shape index (κ3) is 4.02. The summed E-state index contributed by atoms with van der Waals surface area (Å²) in [6.07, 6.45) is 2.00. The molecule has 2 heterocycles. The van der Waals surface area contributed by atoms with Crippen molar-refractivity contribution in [2.24, 2.45) is 0 Å². The van der Waals surface area contributed by atoms with Gasteiger partial charge >= 0.3 is 0 Å². The van der Waals surface area contributed by atoms with E-state index in [0.717, 1.165) is 48.0 Å². The highest BCUT2D eigenvalue weighted by molar-refractivity contribution is 7.14. The normalized spacial score (nSPS) is 18.0. The predicted molar refractivity (Wildman–Crippen MR) is 105 cm³/mol. The third-order valence-corrected chi connectivity index (χ3v) is 5.40. The summed E-state index contributed by atoms with van der Waals surface area (Å²) in [5.41, 5.74) is 8.36. The van der Waals surface area contributed by atoms with Crippen LogP contribution in [-0.2, 0) is 4.79 Å². The maximum Gasteiger partial charge on any atom is 0.245 e. The van der Waals surface area contributed by atoms with Crippen molar-refractivity contribution in [2.75, 3.05) is 30.8 Å². The Kier molecular flexibility index (Phi) is 5.39. The number of benzene rings is 1. The van der Waals surface area contributed by atoms with Crippen LogP contribution in [-0.4, -0.2) is 42.0 Å². The van der Waals surface area contributed by atoms with Gasteiger partial charge in [0.15, 0.2) is 5.13 Å². The van der Waals surface area contributed by atoms with Gasteiger partial charge in [0.25, 0.3) is 0 Å². The summed E-state index contributed by atoms with van der Waals surface area (Å²) in [7, 11) is 1.83. The lowest BCUT2D eigenvalue weighted by atomic mass is 10.1. The Morgan fingerprint density at radius 2 is 2.08 bits per heavy atom. The van der Waals surface area contributed by atoms with Crippen molar-refractivity contribution in [1.82, 2.24) is 9.88 Å². The van der Waals surface area contributed by atoms with Crippen LogP contribution in [0.25, 0.3) is 11.3 Å². The highest BCUT2D eigenvalue weighted by Crippen LogP contribution is 2.29. The first-order valence-electron chi connectivity index (χ1n) is 8.58. The molecule has 1 fully saturated rings. The van der Waals surface area contributed by atoms with Crippen LogP contribution in [0.15, 0.2) is 29.6 Å². The van der Waals surface area contributed by atoms with Crippen molar-refractivity contribution in [3.05, 3.63) is 35.6 Å². The van der Waals surface area contributed by atoms with Gasteiger partial charge in [-0.05, 0) is 37.4 Å². The van der Waals surface area contributed by atoms with E-state index in [1.807, 2.05) is 36.7 Å². The second-order valence-electron chi connectivity index (χ2n) is 6.87. The molecule has 2 aromatic rings. The van der Waals surface area contributed by atoms with Crippen molar-refractivity contribution in [2.45, 2.75) is 32.7 Å². The zero-order chi connectivity index (χ0) is 18.0. The van der Waals surface area contributed by atoms with Crippen LogP contribution in [0.2, 0.25) is 0 Å². The largest absolute Gasteiger partial charge is 0.399 e. The van der Waals surface area contributed by atoms with Gasteiger partial charge in [0.05, 0.1) is 11.7 Å². The predicted octanol–water partition coefficient (Wildman–Crippen LogP) is 3.43. The number of thiazole rings is 1. The first-order chi connectivity index (χ1) is 12.0. The molecule has 1 aromatic carbocycles. The van der Waals surface area contributed by atoms with E-state index in [1.165, 1.54) is 17.3 Å². The first kappa shape index (κ1) is 17.9. The second-order valence-corrected chi connectivity index (χ2v) is 7.71. The van der Waals surface area contributed by atoms with E-state index in [1.54, 1.807) is 4.90 Å². The van der Waals surface area contributed by atoms with Crippen LogP contribution in [0.4, 0.5) is 10.8 Å². The molecule has 0 unspecified atom stereocenters. The minimum atomic E-state index is -0.0382. The fourth-order valence-corrected chi connectivity index (χ4v) is 4.03. The number of nitrogen functional groups attached to an aromatic ring is 1. The molecule has 0 aliphatic carbocycles. The van der Waals surface area contributed by atoms with Gasteiger partial charge in [-0.2, -0.15) is 0 Å². The number of amides is 1. The number of likely N-dealkylation sites (tertiary alicyclic amines) is 1. The molecule has 133 valence electrons. The van der Waals surface area contributed by atoms with E-state index in [0.29, 0.717) is 0 Å². The molecule has 3 rings (SSSR count). The highest BCUT2D eigenvalue weighted by Gasteiger charge is 2.33. The number of likely N-dealkylation sites (N-methyl/N-ethyl adjacent to an activating group) is 1. The average Bonchev–Trinajstić information content (AvgIpc) is 3.23. The molecule has 0 saturated carbocycles. The minimum absolute atomic E-state index is 0.0382. The van der Waals surface area contributed by atoms with Gasteiger partial charge in [0, 0.05) is 30.2 Å². The van der Waals surface area contributed by atoms with E-state index < -0.39 is 0 Å². The fourth-order valence-electron chi connectivity index (χ4n) is 3.22. The van der Waals surface area contributed by atoms with Crippen LogP contribution >= 0.6 is 11.3 Å². The molecule has 5 nitrogen and oxygen atoms in total. The molecule has 1 saturated heterocycles. The molecule has 1 aliphatic rings. The highest BCUT2D eigenvalue weighted by atomic mass is 32.1. The Hall–Kier alpha value is -1.92. The fraction of sp³-hybridized carbons (Fsp3) is 0.421. The Labute approximate surface area is 153 Å². The van der Waals surface area contributed by atoms with Crippen molar-refractivity contribution in [3.8, 4) is 11.3 Å². The number of nitrogens with two attached hydrogens (primary N) is 1. The Morgan fingerprint density at radius 1 is 1.36 bits per heavy atom. The summed E-state index contributed by atoms with van der Waals surface area (Å²) >= 11 is 1.50. The lowest BCUT2D eigenvalue weighted by molar-refractivity contribution is -0.122. The average molecular weight is 358 g/mol. The third-order valence-electron chi connectivity index (χ3n) is 4.48. The van der Waals surface area contributed by atoms with E-state index in [2.05, 4.69) is 23.7 Å². The molecular formula is C19H25N4OS. The van der Waals surface area contributed by atoms with E-state index in [-0.39, 0.29) is 11.9 Å². The van der Waals surface area contributed by atoms with Crippen molar-refractivity contribution < 1.29 is 4.79 Å². The van der Waals surface area contributed by atoms with Crippen LogP contribution in [0, 0.1) is 5.92 Å². The summed E-state index contributed by atoms with van der Waals surface area (Å²) < 4.78 is 0. The zero-order valence-corrected chi connectivity index (χ0v) is 15.8. The molecule has 1 radical (unpaired) electrons. The van der Waals surface area contributed by atoms with Crippen LogP contribution in [0.3, 0.4) is 0 Å². The summed E-state index contributed by atoms with van der Waals surface area (Å²) in [6, 6.07) is 7.60. The lowest BCUT2D eigenvalue weighted by Crippen LogP contribution is -2.45. The van der Waals surface area contributed by atoms with Gasteiger partial charge in [-0.15, -0.1) is 11.3 Å². The van der Waals surface area contributed by atoms with Crippen molar-refractivity contribution >= 4 is 28.1 Å². The molecule has 25 heavy (non-hydrogen) atoms. The second kappa shape index (κ2) is 7.54. The van der Waals surface area contributed by atoms with E-state index in [9.17, 15) is 4.79 Å². The summed E-state index contributed by atoms with van der Waals surface area (Å²) in [6.45, 7) is 6.11. The number of anilines is 2. The van der Waals surface area contributed by atoms with Gasteiger partial charge in [0.1, 0.15) is 0 Å². The number of hydrogen-bond acceptors (Lipinski definition) is 5. The molecule has 0 spiro atoms. The number of aromatic nitrogens is 1. The van der Waals surface area contributed by atoms with Gasteiger partial charge in [-0.1, -0.05) is 26.0 Å². The molecule has 0 bridgehead atoms. The van der Waals surface area contributed by atoms with E-state index >= 15 is 0 Å². The van der Waals surface area contributed by atoms with Crippen molar-refractivity contribution in [1.29, 1.82) is 0 Å². The SMILES string of the molecule is C[C](C)CN1CCC[C@H]1C(=O)N(C)c1nc(-c2ccc(N)cc2)cs1. The quantitative estimate of drug-likeness (QED) is 0.833. The number of hydrogen-bond donors (Lipinski definition) is 1. The topological polar surface area (TPSA) is 62.5 Å².